The Bertz CT molecular complexity index is 468. The zero-order valence-electron chi connectivity index (χ0n) is 11.0. The average Bonchev–Trinajstić information content (AvgIpc) is 2.82. The molecule has 0 radical (unpaired) electrons. The first-order valence-electron chi connectivity index (χ1n) is 5.97. The summed E-state index contributed by atoms with van der Waals surface area (Å²) in [5.41, 5.74) is 0.891. The number of hydrogen-bond donors (Lipinski definition) is 2. The highest BCUT2D eigenvalue weighted by Crippen LogP contribution is 2.20. The predicted molar refractivity (Wildman–Crippen MR) is 76.0 cm³/mol. The number of amides is 1. The van der Waals surface area contributed by atoms with Crippen LogP contribution >= 0.6 is 11.3 Å². The molecule has 1 amide bonds. The Balaban J connectivity index is 2.72. The number of likely N-dealkylation sites (N-methyl/N-ethyl adjacent to an activating group) is 2. The summed E-state index contributed by atoms with van der Waals surface area (Å²) in [7, 11) is 1.61. The van der Waals surface area contributed by atoms with Crippen molar-refractivity contribution in [1.82, 2.24) is 10.2 Å². The third-order valence-electron chi connectivity index (χ3n) is 2.65. The Morgan fingerprint density at radius 3 is 2.84 bits per heavy atom. The van der Waals surface area contributed by atoms with E-state index in [-0.39, 0.29) is 5.91 Å². The predicted octanol–water partition coefficient (Wildman–Crippen LogP) is 1.41. The minimum Gasteiger partial charge on any atom is -0.478 e. The molecule has 1 aromatic rings. The first kappa shape index (κ1) is 15.4. The molecule has 0 aromatic carbocycles. The summed E-state index contributed by atoms with van der Waals surface area (Å²) in [6.07, 6.45) is 2.71. The van der Waals surface area contributed by atoms with Crippen LogP contribution in [0.15, 0.2) is 17.5 Å². The second-order valence-corrected chi connectivity index (χ2v) is 4.95. The molecule has 1 aromatic heterocycles. The normalized spacial score (nSPS) is 11.1. The van der Waals surface area contributed by atoms with Crippen LogP contribution in [0, 0.1) is 0 Å². The molecule has 0 atom stereocenters. The number of nitrogens with one attached hydrogen (secondary N) is 1. The van der Waals surface area contributed by atoms with Gasteiger partial charge in [0, 0.05) is 24.5 Å². The zero-order chi connectivity index (χ0) is 14.3. The van der Waals surface area contributed by atoms with Crippen molar-refractivity contribution in [3.05, 3.63) is 28.0 Å². The molecule has 0 fully saturated rings. The molecule has 0 saturated heterocycles. The number of rotatable bonds is 7. The number of aliphatic carboxylic acids is 1. The highest BCUT2D eigenvalue weighted by molar-refractivity contribution is 7.10. The molecule has 0 unspecified atom stereocenters. The molecular formula is C13H18N2O3S. The quantitative estimate of drug-likeness (QED) is 0.742. The van der Waals surface area contributed by atoms with Crippen molar-refractivity contribution in [2.75, 3.05) is 20.1 Å². The van der Waals surface area contributed by atoms with Crippen LogP contribution in [0.1, 0.15) is 17.4 Å². The third kappa shape index (κ3) is 5.23. The van der Waals surface area contributed by atoms with Crippen LogP contribution in [0.5, 0.6) is 0 Å². The molecule has 1 heterocycles. The van der Waals surface area contributed by atoms with Crippen LogP contribution in [0.2, 0.25) is 0 Å². The topological polar surface area (TPSA) is 69.6 Å². The Labute approximate surface area is 116 Å². The summed E-state index contributed by atoms with van der Waals surface area (Å²) in [5, 5.41) is 13.2. The Morgan fingerprint density at radius 1 is 1.53 bits per heavy atom. The molecule has 0 bridgehead atoms. The lowest BCUT2D eigenvalue weighted by Gasteiger charge is -2.18. The van der Waals surface area contributed by atoms with E-state index in [1.54, 1.807) is 24.5 Å². The molecule has 1 rings (SSSR count). The second kappa shape index (κ2) is 7.70. The second-order valence-electron chi connectivity index (χ2n) is 3.95. The molecule has 6 heteroatoms. The van der Waals surface area contributed by atoms with Gasteiger partial charge in [-0.15, -0.1) is 11.3 Å². The summed E-state index contributed by atoms with van der Waals surface area (Å²) in [6.45, 7) is 3.73. The molecule has 0 aliphatic rings. The van der Waals surface area contributed by atoms with Crippen molar-refractivity contribution in [3.8, 4) is 0 Å². The van der Waals surface area contributed by atoms with Crippen molar-refractivity contribution < 1.29 is 14.7 Å². The minimum atomic E-state index is -0.963. The van der Waals surface area contributed by atoms with Crippen molar-refractivity contribution in [2.45, 2.75) is 13.5 Å². The van der Waals surface area contributed by atoms with E-state index in [9.17, 15) is 9.59 Å². The molecule has 19 heavy (non-hydrogen) atoms. The van der Waals surface area contributed by atoms with Crippen molar-refractivity contribution >= 4 is 29.3 Å². The number of carbonyl (C=O) groups excluding carboxylic acids is 1. The summed E-state index contributed by atoms with van der Waals surface area (Å²) >= 11 is 1.56. The molecule has 0 aliphatic carbocycles. The van der Waals surface area contributed by atoms with Gasteiger partial charge in [0.2, 0.25) is 5.91 Å². The van der Waals surface area contributed by atoms with Gasteiger partial charge in [0.1, 0.15) is 0 Å². The maximum absolute atomic E-state index is 11.4. The Hall–Kier alpha value is -1.66. The summed E-state index contributed by atoms with van der Waals surface area (Å²) < 4.78 is 0. The maximum atomic E-state index is 11.4. The third-order valence-corrected chi connectivity index (χ3v) is 3.57. The highest BCUT2D eigenvalue weighted by Gasteiger charge is 2.11. The standard InChI is InChI=1S/C13H18N2O3S/c1-3-15(9-12(16)14-2)8-11-10(6-7-19-11)4-5-13(17)18/h4-7H,3,8-9H2,1-2H3,(H,14,16)(H,17,18)/b5-4+. The van der Waals surface area contributed by atoms with Gasteiger partial charge < -0.3 is 10.4 Å². The van der Waals surface area contributed by atoms with Crippen molar-refractivity contribution in [3.63, 3.8) is 0 Å². The SMILES string of the molecule is CCN(CC(=O)NC)Cc1sccc1/C=C/C(=O)O. The van der Waals surface area contributed by atoms with Gasteiger partial charge in [0.25, 0.3) is 0 Å². The maximum Gasteiger partial charge on any atom is 0.328 e. The van der Waals surface area contributed by atoms with Crippen LogP contribution in [0.3, 0.4) is 0 Å². The van der Waals surface area contributed by atoms with E-state index in [2.05, 4.69) is 5.32 Å². The smallest absolute Gasteiger partial charge is 0.328 e. The Morgan fingerprint density at radius 2 is 2.26 bits per heavy atom. The molecule has 104 valence electrons. The fourth-order valence-electron chi connectivity index (χ4n) is 1.55. The van der Waals surface area contributed by atoms with Gasteiger partial charge in [-0.25, -0.2) is 4.79 Å². The van der Waals surface area contributed by atoms with Gasteiger partial charge in [0.05, 0.1) is 6.54 Å². The number of nitrogens with zero attached hydrogens (tertiary/aromatic N) is 1. The van der Waals surface area contributed by atoms with Gasteiger partial charge >= 0.3 is 5.97 Å². The zero-order valence-corrected chi connectivity index (χ0v) is 11.9. The van der Waals surface area contributed by atoms with E-state index < -0.39 is 5.97 Å². The van der Waals surface area contributed by atoms with Crippen LogP contribution in [0.4, 0.5) is 0 Å². The fraction of sp³-hybridized carbons (Fsp3) is 0.385. The monoisotopic (exact) mass is 282 g/mol. The summed E-state index contributed by atoms with van der Waals surface area (Å²) in [6, 6.07) is 1.88. The summed E-state index contributed by atoms with van der Waals surface area (Å²) in [4.78, 5) is 25.0. The molecule has 0 spiro atoms. The molecule has 2 N–H and O–H groups in total. The van der Waals surface area contributed by atoms with E-state index >= 15 is 0 Å². The van der Waals surface area contributed by atoms with E-state index in [4.69, 9.17) is 5.11 Å². The number of hydrogen-bond acceptors (Lipinski definition) is 4. The van der Waals surface area contributed by atoms with E-state index in [0.29, 0.717) is 13.1 Å². The number of carboxylic acid groups (broad SMARTS) is 1. The first-order valence-corrected chi connectivity index (χ1v) is 6.85. The molecule has 0 saturated carbocycles. The van der Waals surface area contributed by atoms with Crippen LogP contribution in [-0.2, 0) is 16.1 Å². The fourth-order valence-corrected chi connectivity index (χ4v) is 2.46. The number of carbonyl (C=O) groups is 2. The highest BCUT2D eigenvalue weighted by atomic mass is 32.1. The van der Waals surface area contributed by atoms with E-state index in [1.165, 1.54) is 0 Å². The number of thiophene rings is 1. The summed E-state index contributed by atoms with van der Waals surface area (Å²) in [5.74, 6) is -0.990. The molecular weight excluding hydrogens is 264 g/mol. The Kier molecular flexibility index (Phi) is 6.24. The lowest BCUT2D eigenvalue weighted by molar-refractivity contribution is -0.131. The van der Waals surface area contributed by atoms with Gasteiger partial charge in [-0.2, -0.15) is 0 Å². The van der Waals surface area contributed by atoms with Gasteiger partial charge in [-0.1, -0.05) is 6.92 Å². The lowest BCUT2D eigenvalue weighted by Crippen LogP contribution is -2.35. The van der Waals surface area contributed by atoms with Crippen LogP contribution in [-0.4, -0.2) is 42.0 Å². The van der Waals surface area contributed by atoms with Crippen molar-refractivity contribution in [2.24, 2.45) is 0 Å². The largest absolute Gasteiger partial charge is 0.478 e. The molecule has 5 nitrogen and oxygen atoms in total. The average molecular weight is 282 g/mol. The van der Waals surface area contributed by atoms with Gasteiger partial charge in [-0.05, 0) is 29.6 Å². The van der Waals surface area contributed by atoms with E-state index in [0.717, 1.165) is 23.1 Å². The van der Waals surface area contributed by atoms with Crippen LogP contribution < -0.4 is 5.32 Å². The first-order chi connectivity index (χ1) is 9.06. The minimum absolute atomic E-state index is 0.0268. The van der Waals surface area contributed by atoms with E-state index in [1.807, 2.05) is 23.3 Å². The van der Waals surface area contributed by atoms with Gasteiger partial charge in [-0.3, -0.25) is 9.69 Å². The van der Waals surface area contributed by atoms with Crippen molar-refractivity contribution in [1.29, 1.82) is 0 Å². The lowest BCUT2D eigenvalue weighted by atomic mass is 10.2. The molecule has 0 aliphatic heterocycles. The van der Waals surface area contributed by atoms with Crippen LogP contribution in [0.25, 0.3) is 6.08 Å². The number of carboxylic acids is 1. The van der Waals surface area contributed by atoms with Gasteiger partial charge in [0.15, 0.2) is 0 Å².